The lowest BCUT2D eigenvalue weighted by Gasteiger charge is -2.17. The molecule has 16 heavy (non-hydrogen) atoms. The van der Waals surface area contributed by atoms with Gasteiger partial charge in [-0.05, 0) is 43.9 Å². The SMILES string of the molecule is CNC(CCC(C)C)Cc1cccnc1N. The zero-order valence-corrected chi connectivity index (χ0v) is 10.5. The largest absolute Gasteiger partial charge is 0.383 e. The van der Waals surface area contributed by atoms with E-state index in [4.69, 9.17) is 5.73 Å². The van der Waals surface area contributed by atoms with E-state index in [1.165, 1.54) is 12.8 Å². The molecule has 3 N–H and O–H groups in total. The highest BCUT2D eigenvalue weighted by Crippen LogP contribution is 2.14. The van der Waals surface area contributed by atoms with E-state index in [-0.39, 0.29) is 0 Å². The lowest BCUT2D eigenvalue weighted by atomic mass is 9.98. The van der Waals surface area contributed by atoms with Crippen LogP contribution in [0.2, 0.25) is 0 Å². The molecule has 0 aromatic carbocycles. The summed E-state index contributed by atoms with van der Waals surface area (Å²) in [6.07, 6.45) is 5.12. The molecular formula is C13H23N3. The number of hydrogen-bond donors (Lipinski definition) is 2. The first kappa shape index (κ1) is 13.0. The molecule has 3 nitrogen and oxygen atoms in total. The smallest absolute Gasteiger partial charge is 0.126 e. The van der Waals surface area contributed by atoms with Crippen LogP contribution < -0.4 is 11.1 Å². The van der Waals surface area contributed by atoms with Crippen LogP contribution in [-0.4, -0.2) is 18.1 Å². The Morgan fingerprint density at radius 1 is 1.38 bits per heavy atom. The Hall–Kier alpha value is -1.09. The van der Waals surface area contributed by atoms with E-state index in [0.717, 1.165) is 17.9 Å². The summed E-state index contributed by atoms with van der Waals surface area (Å²) in [7, 11) is 2.01. The van der Waals surface area contributed by atoms with Gasteiger partial charge in [-0.25, -0.2) is 4.98 Å². The predicted octanol–water partition coefficient (Wildman–Crippen LogP) is 2.23. The van der Waals surface area contributed by atoms with Crippen LogP contribution in [0.3, 0.4) is 0 Å². The molecule has 0 fully saturated rings. The maximum absolute atomic E-state index is 5.84. The minimum Gasteiger partial charge on any atom is -0.383 e. The Labute approximate surface area is 98.5 Å². The molecule has 1 aromatic rings. The van der Waals surface area contributed by atoms with Crippen molar-refractivity contribution in [2.45, 2.75) is 39.2 Å². The summed E-state index contributed by atoms with van der Waals surface area (Å²) in [6.45, 7) is 4.51. The Morgan fingerprint density at radius 3 is 2.69 bits per heavy atom. The maximum Gasteiger partial charge on any atom is 0.126 e. The van der Waals surface area contributed by atoms with Crippen molar-refractivity contribution >= 4 is 5.82 Å². The van der Waals surface area contributed by atoms with Crippen molar-refractivity contribution in [2.75, 3.05) is 12.8 Å². The molecule has 1 heterocycles. The summed E-state index contributed by atoms with van der Waals surface area (Å²) in [4.78, 5) is 4.11. The highest BCUT2D eigenvalue weighted by atomic mass is 14.9. The van der Waals surface area contributed by atoms with Crippen molar-refractivity contribution in [2.24, 2.45) is 5.92 Å². The number of pyridine rings is 1. The Balaban J connectivity index is 2.53. The molecule has 90 valence electrons. The molecule has 1 aromatic heterocycles. The summed E-state index contributed by atoms with van der Waals surface area (Å²) in [5, 5.41) is 3.35. The molecular weight excluding hydrogens is 198 g/mol. The number of anilines is 1. The first-order valence-electron chi connectivity index (χ1n) is 6.00. The third-order valence-corrected chi connectivity index (χ3v) is 2.89. The average molecular weight is 221 g/mol. The van der Waals surface area contributed by atoms with Gasteiger partial charge in [0.15, 0.2) is 0 Å². The molecule has 0 aliphatic heterocycles. The molecule has 0 radical (unpaired) electrons. The number of nitrogen functional groups attached to an aromatic ring is 1. The Morgan fingerprint density at radius 2 is 2.12 bits per heavy atom. The van der Waals surface area contributed by atoms with Gasteiger partial charge in [-0.3, -0.25) is 0 Å². The lowest BCUT2D eigenvalue weighted by molar-refractivity contribution is 0.451. The van der Waals surface area contributed by atoms with Gasteiger partial charge in [0.25, 0.3) is 0 Å². The van der Waals surface area contributed by atoms with E-state index in [2.05, 4.69) is 30.2 Å². The molecule has 0 saturated carbocycles. The number of hydrogen-bond acceptors (Lipinski definition) is 3. The second-order valence-electron chi connectivity index (χ2n) is 4.71. The van der Waals surface area contributed by atoms with Gasteiger partial charge in [0.1, 0.15) is 5.82 Å². The minimum absolute atomic E-state index is 0.494. The molecule has 0 aliphatic rings. The van der Waals surface area contributed by atoms with E-state index >= 15 is 0 Å². The first-order valence-corrected chi connectivity index (χ1v) is 6.00. The Bertz CT molecular complexity index is 310. The van der Waals surface area contributed by atoms with Crippen LogP contribution in [0.1, 0.15) is 32.3 Å². The van der Waals surface area contributed by atoms with Crippen molar-refractivity contribution in [1.82, 2.24) is 10.3 Å². The Kier molecular flexibility index (Phi) is 5.26. The number of rotatable bonds is 6. The molecule has 1 rings (SSSR count). The molecule has 0 amide bonds. The van der Waals surface area contributed by atoms with Crippen molar-refractivity contribution in [3.05, 3.63) is 23.9 Å². The number of likely N-dealkylation sites (N-methyl/N-ethyl adjacent to an activating group) is 1. The topological polar surface area (TPSA) is 50.9 Å². The molecule has 1 unspecified atom stereocenters. The average Bonchev–Trinajstić information content (AvgIpc) is 2.26. The third kappa shape index (κ3) is 4.19. The number of nitrogens with two attached hydrogens (primary N) is 1. The zero-order valence-electron chi connectivity index (χ0n) is 10.5. The van der Waals surface area contributed by atoms with Crippen LogP contribution in [0.25, 0.3) is 0 Å². The maximum atomic E-state index is 5.84. The highest BCUT2D eigenvalue weighted by Gasteiger charge is 2.10. The second kappa shape index (κ2) is 6.48. The summed E-state index contributed by atoms with van der Waals surface area (Å²) in [5.41, 5.74) is 6.98. The molecule has 3 heteroatoms. The van der Waals surface area contributed by atoms with Crippen LogP contribution in [0.15, 0.2) is 18.3 Å². The first-order chi connectivity index (χ1) is 7.63. The van der Waals surface area contributed by atoms with Crippen molar-refractivity contribution < 1.29 is 0 Å². The third-order valence-electron chi connectivity index (χ3n) is 2.89. The van der Waals surface area contributed by atoms with Crippen molar-refractivity contribution in [3.8, 4) is 0 Å². The van der Waals surface area contributed by atoms with Gasteiger partial charge in [-0.2, -0.15) is 0 Å². The van der Waals surface area contributed by atoms with Gasteiger partial charge in [0.2, 0.25) is 0 Å². The molecule has 0 saturated heterocycles. The van der Waals surface area contributed by atoms with E-state index < -0.39 is 0 Å². The van der Waals surface area contributed by atoms with Gasteiger partial charge in [0, 0.05) is 12.2 Å². The number of nitrogens with zero attached hydrogens (tertiary/aromatic N) is 1. The van der Waals surface area contributed by atoms with Gasteiger partial charge >= 0.3 is 0 Å². The van der Waals surface area contributed by atoms with E-state index in [0.29, 0.717) is 11.9 Å². The van der Waals surface area contributed by atoms with Gasteiger partial charge in [0.05, 0.1) is 0 Å². The van der Waals surface area contributed by atoms with Crippen LogP contribution >= 0.6 is 0 Å². The molecule has 1 atom stereocenters. The number of aromatic nitrogens is 1. The summed E-state index contributed by atoms with van der Waals surface area (Å²) >= 11 is 0. The molecule has 0 bridgehead atoms. The van der Waals surface area contributed by atoms with E-state index in [9.17, 15) is 0 Å². The number of nitrogens with one attached hydrogen (secondary N) is 1. The predicted molar refractivity (Wildman–Crippen MR) is 69.3 cm³/mol. The summed E-state index contributed by atoms with van der Waals surface area (Å²) < 4.78 is 0. The van der Waals surface area contributed by atoms with Crippen LogP contribution in [0.4, 0.5) is 5.82 Å². The van der Waals surface area contributed by atoms with Crippen LogP contribution in [0, 0.1) is 5.92 Å². The van der Waals surface area contributed by atoms with Crippen molar-refractivity contribution in [1.29, 1.82) is 0 Å². The van der Waals surface area contributed by atoms with E-state index in [1.54, 1.807) is 6.20 Å². The van der Waals surface area contributed by atoms with Gasteiger partial charge in [-0.15, -0.1) is 0 Å². The lowest BCUT2D eigenvalue weighted by Crippen LogP contribution is -2.28. The van der Waals surface area contributed by atoms with Crippen LogP contribution in [0.5, 0.6) is 0 Å². The standard InChI is InChI=1S/C13H23N3/c1-10(2)6-7-12(15-3)9-11-5-4-8-16-13(11)14/h4-5,8,10,12,15H,6-7,9H2,1-3H3,(H2,14,16). The van der Waals surface area contributed by atoms with E-state index in [1.807, 2.05) is 13.1 Å². The molecule has 0 spiro atoms. The van der Waals surface area contributed by atoms with Gasteiger partial charge < -0.3 is 11.1 Å². The fourth-order valence-corrected chi connectivity index (χ4v) is 1.77. The minimum atomic E-state index is 0.494. The zero-order chi connectivity index (χ0) is 12.0. The van der Waals surface area contributed by atoms with Crippen molar-refractivity contribution in [3.63, 3.8) is 0 Å². The monoisotopic (exact) mass is 221 g/mol. The second-order valence-corrected chi connectivity index (χ2v) is 4.71. The fraction of sp³-hybridized carbons (Fsp3) is 0.615. The quantitative estimate of drug-likeness (QED) is 0.774. The molecule has 0 aliphatic carbocycles. The highest BCUT2D eigenvalue weighted by molar-refractivity contribution is 5.38. The fourth-order valence-electron chi connectivity index (χ4n) is 1.77. The normalized spacial score (nSPS) is 13.0. The van der Waals surface area contributed by atoms with Crippen LogP contribution in [-0.2, 0) is 6.42 Å². The summed E-state index contributed by atoms with van der Waals surface area (Å²) in [5.74, 6) is 1.41. The summed E-state index contributed by atoms with van der Waals surface area (Å²) in [6, 6.07) is 4.50. The van der Waals surface area contributed by atoms with Gasteiger partial charge in [-0.1, -0.05) is 19.9 Å².